The number of ether oxygens (including phenoxy) is 2. The van der Waals surface area contributed by atoms with Gasteiger partial charge >= 0.3 is 5.97 Å². The van der Waals surface area contributed by atoms with Gasteiger partial charge in [-0.05, 0) is 73.0 Å². The zero-order valence-electron chi connectivity index (χ0n) is 29.3. The number of carbonyl (C=O) groups excluding carboxylic acids is 1. The monoisotopic (exact) mass is 663 g/mol. The molecule has 0 amide bonds. The molecule has 0 aliphatic rings. The van der Waals surface area contributed by atoms with Gasteiger partial charge in [-0.2, -0.15) is 0 Å². The van der Waals surface area contributed by atoms with Crippen LogP contribution in [0.25, 0.3) is 0 Å². The molecule has 5 nitrogen and oxygen atoms in total. The number of aryl methyl sites for hydroxylation is 1. The second kappa shape index (κ2) is 19.3. The normalized spacial score (nSPS) is 13.3. The fraction of sp³-hybridized carbons (Fsp3) is 0.538. The lowest BCUT2D eigenvalue weighted by atomic mass is 10.0. The summed E-state index contributed by atoms with van der Waals surface area (Å²) >= 11 is 1.61. The van der Waals surface area contributed by atoms with Crippen molar-refractivity contribution in [2.75, 3.05) is 19.0 Å². The first-order valence-corrected chi connectivity index (χ1v) is 20.2. The van der Waals surface area contributed by atoms with Crippen molar-refractivity contribution in [2.24, 2.45) is 5.92 Å². The fourth-order valence-corrected chi connectivity index (χ4v) is 11.4. The Labute approximate surface area is 284 Å². The van der Waals surface area contributed by atoms with Crippen molar-refractivity contribution >= 4 is 36.4 Å². The van der Waals surface area contributed by atoms with Gasteiger partial charge in [-0.1, -0.05) is 115 Å². The Morgan fingerprint density at radius 3 is 2.13 bits per heavy atom. The first kappa shape index (κ1) is 37.8. The molecule has 0 aliphatic heterocycles. The van der Waals surface area contributed by atoms with Crippen molar-refractivity contribution in [2.45, 2.75) is 116 Å². The van der Waals surface area contributed by atoms with E-state index >= 15 is 0 Å². The Balaban J connectivity index is 1.52. The number of nitrogens with zero attached hydrogens (tertiary/aromatic N) is 1. The minimum atomic E-state index is -2.52. The third-order valence-electron chi connectivity index (χ3n) is 8.60. The summed E-state index contributed by atoms with van der Waals surface area (Å²) in [6, 6.07) is 25.7. The van der Waals surface area contributed by atoms with Crippen LogP contribution >= 0.6 is 11.8 Å². The number of rotatable bonds is 20. The van der Waals surface area contributed by atoms with Crippen molar-refractivity contribution < 1.29 is 18.7 Å². The molecule has 0 saturated carbocycles. The largest absolute Gasteiger partial charge is 0.474 e. The number of hydrogen-bond acceptors (Lipinski definition) is 6. The van der Waals surface area contributed by atoms with E-state index in [4.69, 9.17) is 18.9 Å². The van der Waals surface area contributed by atoms with Gasteiger partial charge in [-0.15, -0.1) is 11.8 Å². The Hall–Kier alpha value is -2.61. The van der Waals surface area contributed by atoms with Crippen LogP contribution in [-0.2, 0) is 14.0 Å². The van der Waals surface area contributed by atoms with Crippen LogP contribution in [0.2, 0.25) is 5.04 Å². The molecule has 252 valence electrons. The highest BCUT2D eigenvalue weighted by Gasteiger charge is 2.49. The number of esters is 1. The molecule has 0 saturated heterocycles. The molecule has 2 aromatic carbocycles. The Bertz CT molecular complexity index is 1260. The standard InChI is InChI=1S/C39H57NO4SSi/c1-8-10-20-33(9-2)30-42-37(41)27-29-45-36-26-25-31(3)40-38(36)44-32(4)19-17-18-28-43-46(39(5,6)7,34-21-13-11-14-22-34)35-23-15-12-16-24-35/h11-16,21-26,32-33H,8-10,17-20,27-30H2,1-7H3/t32-,33?/m1/s1. The zero-order chi connectivity index (χ0) is 33.4. The summed E-state index contributed by atoms with van der Waals surface area (Å²) in [6.45, 7) is 16.6. The summed E-state index contributed by atoms with van der Waals surface area (Å²) in [5.41, 5.74) is 0.919. The minimum absolute atomic E-state index is 0.0144. The SMILES string of the molecule is CCCCC(CC)COC(=O)CCSc1ccc(C)nc1O[C@H](C)CCCCO[Si](c1ccccc1)(c1ccccc1)C(C)(C)C. The van der Waals surface area contributed by atoms with E-state index in [1.54, 1.807) is 11.8 Å². The van der Waals surface area contributed by atoms with Crippen molar-refractivity contribution in [3.05, 3.63) is 78.5 Å². The van der Waals surface area contributed by atoms with E-state index in [1.807, 2.05) is 13.0 Å². The topological polar surface area (TPSA) is 57.7 Å². The van der Waals surface area contributed by atoms with Crippen molar-refractivity contribution in [1.82, 2.24) is 4.98 Å². The smallest absolute Gasteiger partial charge is 0.306 e. The van der Waals surface area contributed by atoms with Gasteiger partial charge in [0.2, 0.25) is 5.88 Å². The molecule has 3 rings (SSSR count). The summed E-state index contributed by atoms with van der Waals surface area (Å²) in [5.74, 6) is 1.63. The van der Waals surface area contributed by atoms with Crippen molar-refractivity contribution in [3.8, 4) is 5.88 Å². The third kappa shape index (κ3) is 11.3. The van der Waals surface area contributed by atoms with Crippen LogP contribution in [0.5, 0.6) is 5.88 Å². The predicted octanol–water partition coefficient (Wildman–Crippen LogP) is 9.15. The van der Waals surface area contributed by atoms with Crippen LogP contribution in [0.4, 0.5) is 0 Å². The van der Waals surface area contributed by atoms with Gasteiger partial charge in [0.15, 0.2) is 0 Å². The quantitative estimate of drug-likeness (QED) is 0.0520. The Morgan fingerprint density at radius 1 is 0.891 bits per heavy atom. The minimum Gasteiger partial charge on any atom is -0.474 e. The van der Waals surface area contributed by atoms with Crippen LogP contribution < -0.4 is 15.1 Å². The molecule has 0 aliphatic carbocycles. The molecule has 0 radical (unpaired) electrons. The maximum Gasteiger partial charge on any atom is 0.306 e. The third-order valence-corrected chi connectivity index (χ3v) is 14.7. The van der Waals surface area contributed by atoms with Gasteiger partial charge in [-0.25, -0.2) is 4.98 Å². The van der Waals surface area contributed by atoms with Crippen LogP contribution in [0.15, 0.2) is 77.7 Å². The van der Waals surface area contributed by atoms with E-state index in [0.717, 1.165) is 42.7 Å². The van der Waals surface area contributed by atoms with Gasteiger partial charge in [0.25, 0.3) is 8.32 Å². The van der Waals surface area contributed by atoms with E-state index in [1.165, 1.54) is 23.2 Å². The molecule has 0 N–H and O–H groups in total. The average molecular weight is 664 g/mol. The van der Waals surface area contributed by atoms with Crippen LogP contribution in [0.1, 0.15) is 98.6 Å². The summed E-state index contributed by atoms with van der Waals surface area (Å²) in [7, 11) is -2.52. The summed E-state index contributed by atoms with van der Waals surface area (Å²) in [5, 5.41) is 2.60. The summed E-state index contributed by atoms with van der Waals surface area (Å²) < 4.78 is 19.0. The number of hydrogen-bond donors (Lipinski definition) is 0. The fourth-order valence-electron chi connectivity index (χ4n) is 5.91. The van der Waals surface area contributed by atoms with E-state index < -0.39 is 8.32 Å². The highest BCUT2D eigenvalue weighted by molar-refractivity contribution is 7.99. The molecule has 2 atom stereocenters. The molecular weight excluding hydrogens is 607 g/mol. The number of unbranched alkanes of at least 4 members (excludes halogenated alkanes) is 2. The number of benzene rings is 2. The summed E-state index contributed by atoms with van der Waals surface area (Å²) in [6.07, 6.45) is 7.78. The number of thioether (sulfide) groups is 1. The molecule has 3 aromatic rings. The molecule has 46 heavy (non-hydrogen) atoms. The van der Waals surface area contributed by atoms with E-state index in [2.05, 4.69) is 108 Å². The lowest BCUT2D eigenvalue weighted by molar-refractivity contribution is -0.144. The predicted molar refractivity (Wildman–Crippen MR) is 196 cm³/mol. The zero-order valence-corrected chi connectivity index (χ0v) is 31.2. The molecule has 1 aromatic heterocycles. The van der Waals surface area contributed by atoms with E-state index in [9.17, 15) is 4.79 Å². The number of carbonyl (C=O) groups is 1. The molecule has 1 heterocycles. The van der Waals surface area contributed by atoms with Crippen LogP contribution in [0, 0.1) is 12.8 Å². The molecule has 0 bridgehead atoms. The maximum absolute atomic E-state index is 12.4. The molecular formula is C39H57NO4SSi. The Kier molecular flexibility index (Phi) is 15.8. The van der Waals surface area contributed by atoms with Crippen LogP contribution in [-0.4, -0.2) is 44.3 Å². The first-order chi connectivity index (χ1) is 22.1. The second-order valence-electron chi connectivity index (χ2n) is 13.4. The Morgan fingerprint density at radius 2 is 1.54 bits per heavy atom. The molecule has 0 spiro atoms. The van der Waals surface area contributed by atoms with Gasteiger partial charge in [-0.3, -0.25) is 4.79 Å². The molecule has 0 fully saturated rings. The molecule has 1 unspecified atom stereocenters. The summed E-state index contributed by atoms with van der Waals surface area (Å²) in [4.78, 5) is 18.1. The van der Waals surface area contributed by atoms with Crippen molar-refractivity contribution in [1.29, 1.82) is 0 Å². The number of pyridine rings is 1. The highest BCUT2D eigenvalue weighted by atomic mass is 32.2. The van der Waals surface area contributed by atoms with Gasteiger partial charge in [0, 0.05) is 18.1 Å². The second-order valence-corrected chi connectivity index (χ2v) is 18.8. The highest BCUT2D eigenvalue weighted by Crippen LogP contribution is 2.37. The molecule has 7 heteroatoms. The lowest BCUT2D eigenvalue weighted by Gasteiger charge is -2.43. The van der Waals surface area contributed by atoms with Crippen LogP contribution in [0.3, 0.4) is 0 Å². The van der Waals surface area contributed by atoms with E-state index in [0.29, 0.717) is 37.2 Å². The first-order valence-electron chi connectivity index (χ1n) is 17.3. The maximum atomic E-state index is 12.4. The lowest BCUT2D eigenvalue weighted by Crippen LogP contribution is -2.66. The van der Waals surface area contributed by atoms with Gasteiger partial charge in [0.05, 0.1) is 24.0 Å². The van der Waals surface area contributed by atoms with Gasteiger partial charge in [0.1, 0.15) is 0 Å². The van der Waals surface area contributed by atoms with Crippen molar-refractivity contribution in [3.63, 3.8) is 0 Å². The number of aromatic nitrogens is 1. The van der Waals surface area contributed by atoms with E-state index in [-0.39, 0.29) is 17.1 Å². The average Bonchev–Trinajstić information content (AvgIpc) is 3.04. The van der Waals surface area contributed by atoms with Gasteiger partial charge < -0.3 is 13.9 Å².